The summed E-state index contributed by atoms with van der Waals surface area (Å²) in [5.74, 6) is 1.80. The Morgan fingerprint density at radius 3 is 1.71 bits per heavy atom. The van der Waals surface area contributed by atoms with Crippen molar-refractivity contribution in [3.63, 3.8) is 0 Å². The molecular formula is C7H13. The smallest absolute Gasteiger partial charge is 0.0329 e. The highest BCUT2D eigenvalue weighted by Gasteiger charge is 2.16. The summed E-state index contributed by atoms with van der Waals surface area (Å²) in [6.07, 6.45) is 5.28. The lowest BCUT2D eigenvalue weighted by Gasteiger charge is -1.95. The van der Waals surface area contributed by atoms with Gasteiger partial charge in [0, 0.05) is 0 Å². The second-order valence-electron chi connectivity index (χ2n) is 2.72. The van der Waals surface area contributed by atoms with E-state index in [0.29, 0.717) is 0 Å². The maximum Gasteiger partial charge on any atom is -0.0329 e. The van der Waals surface area contributed by atoms with Crippen LogP contribution in [0.15, 0.2) is 0 Å². The van der Waals surface area contributed by atoms with Gasteiger partial charge in [0.2, 0.25) is 0 Å². The third-order valence-electron chi connectivity index (χ3n) is 1.73. The molecule has 1 saturated carbocycles. The summed E-state index contributed by atoms with van der Waals surface area (Å²) in [5, 5.41) is 0. The van der Waals surface area contributed by atoms with Crippen molar-refractivity contribution in [2.75, 3.05) is 0 Å². The van der Waals surface area contributed by atoms with E-state index in [4.69, 9.17) is 0 Å². The maximum atomic E-state index is 2.44. The molecule has 2 unspecified atom stereocenters. The Kier molecular flexibility index (Phi) is 1.36. The summed E-state index contributed by atoms with van der Waals surface area (Å²) >= 11 is 0. The lowest BCUT2D eigenvalue weighted by molar-refractivity contribution is 0.677. The van der Waals surface area contributed by atoms with Crippen LogP contribution >= 0.6 is 0 Å². The molecule has 0 spiro atoms. The van der Waals surface area contributed by atoms with Gasteiger partial charge in [-0.1, -0.05) is 26.7 Å². The van der Waals surface area contributed by atoms with Crippen molar-refractivity contribution in [2.45, 2.75) is 26.7 Å². The molecule has 0 heterocycles. The maximum absolute atomic E-state index is 2.44. The van der Waals surface area contributed by atoms with Gasteiger partial charge >= 0.3 is 0 Å². The van der Waals surface area contributed by atoms with Crippen molar-refractivity contribution in [3.8, 4) is 0 Å². The van der Waals surface area contributed by atoms with Gasteiger partial charge in [0.05, 0.1) is 0 Å². The summed E-state index contributed by atoms with van der Waals surface area (Å²) in [6.45, 7) is 4.59. The van der Waals surface area contributed by atoms with Crippen molar-refractivity contribution < 1.29 is 0 Å². The molecule has 1 aliphatic rings. The van der Waals surface area contributed by atoms with E-state index >= 15 is 0 Å². The molecule has 2 atom stereocenters. The summed E-state index contributed by atoms with van der Waals surface area (Å²) in [6, 6.07) is 0. The van der Waals surface area contributed by atoms with Crippen LogP contribution in [0.1, 0.15) is 26.7 Å². The zero-order valence-electron chi connectivity index (χ0n) is 5.15. The minimum absolute atomic E-state index is 0.898. The normalized spacial score (nSPS) is 42.0. The Morgan fingerprint density at radius 1 is 1.14 bits per heavy atom. The van der Waals surface area contributed by atoms with Gasteiger partial charge in [0.25, 0.3) is 0 Å². The van der Waals surface area contributed by atoms with Crippen LogP contribution in [-0.4, -0.2) is 0 Å². The van der Waals surface area contributed by atoms with Gasteiger partial charge in [0.15, 0.2) is 0 Å². The third-order valence-corrected chi connectivity index (χ3v) is 1.73. The first kappa shape index (κ1) is 5.14. The highest BCUT2D eigenvalue weighted by atomic mass is 14.2. The molecular weight excluding hydrogens is 84.1 g/mol. The summed E-state index contributed by atoms with van der Waals surface area (Å²) < 4.78 is 0. The van der Waals surface area contributed by atoms with Crippen molar-refractivity contribution in [1.82, 2.24) is 0 Å². The summed E-state index contributed by atoms with van der Waals surface area (Å²) in [5.41, 5.74) is 0. The molecule has 41 valence electrons. The topological polar surface area (TPSA) is 0 Å². The van der Waals surface area contributed by atoms with Crippen LogP contribution in [0.3, 0.4) is 0 Å². The first-order valence-electron chi connectivity index (χ1n) is 3.14. The zero-order chi connectivity index (χ0) is 5.28. The third kappa shape index (κ3) is 1.19. The van der Waals surface area contributed by atoms with E-state index in [1.807, 2.05) is 0 Å². The molecule has 1 aliphatic carbocycles. The van der Waals surface area contributed by atoms with Crippen LogP contribution in [-0.2, 0) is 0 Å². The number of rotatable bonds is 0. The van der Waals surface area contributed by atoms with Gasteiger partial charge in [-0.2, -0.15) is 0 Å². The molecule has 0 aliphatic heterocycles. The molecule has 0 saturated heterocycles. The summed E-state index contributed by atoms with van der Waals surface area (Å²) in [7, 11) is 0. The average molecular weight is 97.2 g/mol. The van der Waals surface area contributed by atoms with Crippen molar-refractivity contribution in [1.29, 1.82) is 0 Å². The molecule has 0 N–H and O–H groups in total. The fourth-order valence-electron chi connectivity index (χ4n) is 1.28. The van der Waals surface area contributed by atoms with Gasteiger partial charge in [0.1, 0.15) is 0 Å². The van der Waals surface area contributed by atoms with E-state index in [0.717, 1.165) is 11.8 Å². The minimum Gasteiger partial charge on any atom is -0.0622 e. The Balaban J connectivity index is 2.26. The Bertz CT molecular complexity index is 49.1. The highest BCUT2D eigenvalue weighted by Crippen LogP contribution is 2.27. The molecule has 0 aromatic rings. The number of hydrogen-bond donors (Lipinski definition) is 0. The van der Waals surface area contributed by atoms with Crippen LogP contribution < -0.4 is 0 Å². The van der Waals surface area contributed by atoms with Gasteiger partial charge in [-0.15, -0.1) is 0 Å². The molecule has 1 rings (SSSR count). The fraction of sp³-hybridized carbons (Fsp3) is 0.857. The SMILES string of the molecule is CC1[CH]C(C)CC1. The Morgan fingerprint density at radius 2 is 1.57 bits per heavy atom. The van der Waals surface area contributed by atoms with E-state index in [9.17, 15) is 0 Å². The second kappa shape index (κ2) is 1.85. The largest absolute Gasteiger partial charge is 0.0622 e. The first-order valence-corrected chi connectivity index (χ1v) is 3.14. The van der Waals surface area contributed by atoms with E-state index < -0.39 is 0 Å². The average Bonchev–Trinajstić information content (AvgIpc) is 1.87. The first-order chi connectivity index (χ1) is 3.29. The zero-order valence-corrected chi connectivity index (χ0v) is 5.15. The molecule has 0 amide bonds. The highest BCUT2D eigenvalue weighted by molar-refractivity contribution is 4.85. The molecule has 0 nitrogen and oxygen atoms in total. The molecule has 0 bridgehead atoms. The Hall–Kier alpha value is 0. The van der Waals surface area contributed by atoms with Crippen molar-refractivity contribution >= 4 is 0 Å². The van der Waals surface area contributed by atoms with Gasteiger partial charge in [-0.3, -0.25) is 0 Å². The van der Waals surface area contributed by atoms with Crippen LogP contribution in [0.4, 0.5) is 0 Å². The monoisotopic (exact) mass is 97.1 g/mol. The van der Waals surface area contributed by atoms with E-state index in [1.165, 1.54) is 12.8 Å². The van der Waals surface area contributed by atoms with Crippen molar-refractivity contribution in [2.24, 2.45) is 11.8 Å². The molecule has 1 fully saturated rings. The van der Waals surface area contributed by atoms with E-state index in [1.54, 1.807) is 0 Å². The van der Waals surface area contributed by atoms with Gasteiger partial charge < -0.3 is 0 Å². The standard InChI is InChI=1S/C7H13/c1-6-3-4-7(2)5-6/h5-7H,3-4H2,1-2H3. The second-order valence-corrected chi connectivity index (χ2v) is 2.72. The quantitative estimate of drug-likeness (QED) is 0.435. The van der Waals surface area contributed by atoms with Crippen LogP contribution in [0, 0.1) is 18.3 Å². The Labute approximate surface area is 45.9 Å². The molecule has 0 aromatic carbocycles. The lowest BCUT2D eigenvalue weighted by atomic mass is 10.1. The van der Waals surface area contributed by atoms with Gasteiger partial charge in [-0.25, -0.2) is 0 Å². The molecule has 0 aromatic heterocycles. The molecule has 1 radical (unpaired) electrons. The predicted molar refractivity (Wildman–Crippen MR) is 31.9 cm³/mol. The van der Waals surface area contributed by atoms with E-state index in [2.05, 4.69) is 20.3 Å². The predicted octanol–water partition coefficient (Wildman–Crippen LogP) is 2.26. The lowest BCUT2D eigenvalue weighted by Crippen LogP contribution is -1.86. The number of hydrogen-bond acceptors (Lipinski definition) is 0. The van der Waals surface area contributed by atoms with Crippen LogP contribution in [0.2, 0.25) is 0 Å². The molecule has 0 heteroatoms. The van der Waals surface area contributed by atoms with Crippen LogP contribution in [0.5, 0.6) is 0 Å². The van der Waals surface area contributed by atoms with Crippen molar-refractivity contribution in [3.05, 3.63) is 6.42 Å². The fourth-order valence-corrected chi connectivity index (χ4v) is 1.28. The van der Waals surface area contributed by atoms with Gasteiger partial charge in [-0.05, 0) is 18.3 Å². The van der Waals surface area contributed by atoms with E-state index in [-0.39, 0.29) is 0 Å². The molecule has 7 heavy (non-hydrogen) atoms. The minimum atomic E-state index is 0.898. The van der Waals surface area contributed by atoms with Crippen LogP contribution in [0.25, 0.3) is 0 Å². The summed E-state index contributed by atoms with van der Waals surface area (Å²) in [4.78, 5) is 0.